The van der Waals surface area contributed by atoms with E-state index < -0.39 is 0 Å². The van der Waals surface area contributed by atoms with Crippen molar-refractivity contribution < 1.29 is 0 Å². The monoisotopic (exact) mass is 268 g/mol. The fraction of sp³-hybridized carbons (Fsp3) is 0.273. The molecule has 0 unspecified atom stereocenters. The first-order chi connectivity index (χ1) is 8.28. The molecule has 0 aliphatic heterocycles. The normalized spacial score (nSPS) is 14.3. The van der Waals surface area contributed by atoms with Gasteiger partial charge in [-0.3, -0.25) is 0 Å². The Morgan fingerprint density at radius 3 is 1.88 bits per heavy atom. The Hall–Kier alpha value is -1.14. The van der Waals surface area contributed by atoms with Crippen LogP contribution in [0, 0.1) is 0 Å². The molecule has 4 nitrogen and oxygen atoms in total. The van der Waals surface area contributed by atoms with Gasteiger partial charge < -0.3 is 0 Å². The van der Waals surface area contributed by atoms with Crippen molar-refractivity contribution in [3.63, 3.8) is 0 Å². The van der Waals surface area contributed by atoms with Gasteiger partial charge in [0.2, 0.25) is 0 Å². The third-order valence-corrected chi connectivity index (χ3v) is 3.15. The lowest BCUT2D eigenvalue weighted by Gasteiger charge is -1.98. The Balaban J connectivity index is 4.57. The second-order valence-electron chi connectivity index (χ2n) is 2.43. The van der Waals surface area contributed by atoms with E-state index in [0.717, 1.165) is 0 Å². The van der Waals surface area contributed by atoms with E-state index in [1.54, 1.807) is 18.6 Å². The molecule has 0 N–H and O–H groups in total. The van der Waals surface area contributed by atoms with Crippen LogP contribution in [-0.4, -0.2) is 22.8 Å². The highest BCUT2D eigenvalue weighted by atomic mass is 33.1. The summed E-state index contributed by atoms with van der Waals surface area (Å²) in [6.07, 6.45) is 8.38. The molecule has 0 aromatic heterocycles. The zero-order chi connectivity index (χ0) is 12.9. The van der Waals surface area contributed by atoms with Crippen LogP contribution < -0.4 is 0 Å². The Morgan fingerprint density at radius 1 is 0.941 bits per heavy atom. The summed E-state index contributed by atoms with van der Waals surface area (Å²) in [6, 6.07) is 0. The first kappa shape index (κ1) is 15.9. The van der Waals surface area contributed by atoms with Gasteiger partial charge in [-0.1, -0.05) is 12.7 Å². The predicted octanol–water partition coefficient (Wildman–Crippen LogP) is 3.94. The van der Waals surface area contributed by atoms with Crippen molar-refractivity contribution in [2.75, 3.05) is 0 Å². The molecule has 0 fully saturated rings. The van der Waals surface area contributed by atoms with Gasteiger partial charge in [0.15, 0.2) is 10.3 Å². The Kier molecular flexibility index (Phi) is 10.6. The van der Waals surface area contributed by atoms with Crippen LogP contribution in [0.1, 0.15) is 20.8 Å². The third kappa shape index (κ3) is 8.65. The number of aliphatic imine (C=N–C) groups is 4. The van der Waals surface area contributed by atoms with E-state index in [4.69, 9.17) is 0 Å². The van der Waals surface area contributed by atoms with E-state index in [2.05, 4.69) is 26.5 Å². The number of rotatable bonds is 2. The fourth-order valence-corrected chi connectivity index (χ4v) is 2.30. The summed E-state index contributed by atoms with van der Waals surface area (Å²) in [4.78, 5) is 16.4. The number of hydrogen-bond acceptors (Lipinski definition) is 4. The minimum absolute atomic E-state index is 0.618. The number of hydrogen-bond donors (Lipinski definition) is 0. The van der Waals surface area contributed by atoms with Gasteiger partial charge in [0.05, 0.1) is 0 Å². The van der Waals surface area contributed by atoms with Gasteiger partial charge >= 0.3 is 0 Å². The SMILES string of the molecule is C=C/N=C(\N=C/C)SSC(/N=C\C)=N/C=C\C. The van der Waals surface area contributed by atoms with E-state index in [0.29, 0.717) is 10.3 Å². The van der Waals surface area contributed by atoms with Gasteiger partial charge in [0, 0.05) is 24.8 Å². The Bertz CT molecular complexity index is 368. The highest BCUT2D eigenvalue weighted by molar-refractivity contribution is 8.87. The zero-order valence-electron chi connectivity index (χ0n) is 10.2. The summed E-state index contributed by atoms with van der Waals surface area (Å²) >= 11 is 0. The second-order valence-corrected chi connectivity index (χ2v) is 4.49. The molecule has 0 aliphatic rings. The Labute approximate surface area is 110 Å². The van der Waals surface area contributed by atoms with Crippen molar-refractivity contribution in [2.45, 2.75) is 20.8 Å². The van der Waals surface area contributed by atoms with Gasteiger partial charge in [-0.25, -0.2) is 20.0 Å². The summed E-state index contributed by atoms with van der Waals surface area (Å²) in [5.74, 6) is 0. The first-order valence-corrected chi connectivity index (χ1v) is 7.13. The molecule has 0 radical (unpaired) electrons. The average Bonchev–Trinajstić information content (AvgIpc) is 2.33. The molecule has 0 aromatic rings. The molecular formula is C11H16N4S2. The van der Waals surface area contributed by atoms with Crippen LogP contribution in [0.25, 0.3) is 0 Å². The smallest absolute Gasteiger partial charge is 0.198 e. The second kappa shape index (κ2) is 11.3. The molecule has 0 bridgehead atoms. The van der Waals surface area contributed by atoms with Gasteiger partial charge in [-0.2, -0.15) is 0 Å². The van der Waals surface area contributed by atoms with Crippen molar-refractivity contribution in [2.24, 2.45) is 20.0 Å². The molecule has 0 spiro atoms. The van der Waals surface area contributed by atoms with Crippen LogP contribution in [0.15, 0.2) is 45.0 Å². The minimum atomic E-state index is 0.618. The molecule has 0 aliphatic carbocycles. The maximum atomic E-state index is 4.17. The minimum Gasteiger partial charge on any atom is -0.235 e. The van der Waals surface area contributed by atoms with Crippen LogP contribution in [0.5, 0.6) is 0 Å². The summed E-state index contributed by atoms with van der Waals surface area (Å²) in [6.45, 7) is 9.13. The zero-order valence-corrected chi connectivity index (χ0v) is 11.8. The molecule has 0 saturated heterocycles. The van der Waals surface area contributed by atoms with Gasteiger partial charge in [0.1, 0.15) is 0 Å². The number of allylic oxidation sites excluding steroid dienone is 1. The molecule has 0 atom stereocenters. The van der Waals surface area contributed by atoms with Gasteiger partial charge in [-0.15, -0.1) is 0 Å². The lowest BCUT2D eigenvalue weighted by molar-refractivity contribution is 1.51. The molecule has 0 rings (SSSR count). The van der Waals surface area contributed by atoms with E-state index in [9.17, 15) is 0 Å². The van der Waals surface area contributed by atoms with Gasteiger partial charge in [0.25, 0.3) is 0 Å². The maximum absolute atomic E-state index is 4.17. The molecule has 92 valence electrons. The largest absolute Gasteiger partial charge is 0.235 e. The molecule has 0 amide bonds. The maximum Gasteiger partial charge on any atom is 0.198 e. The molecule has 0 heterocycles. The molecular weight excluding hydrogens is 252 g/mol. The van der Waals surface area contributed by atoms with E-state index >= 15 is 0 Å². The third-order valence-electron chi connectivity index (χ3n) is 1.21. The van der Waals surface area contributed by atoms with Crippen molar-refractivity contribution in [3.8, 4) is 0 Å². The van der Waals surface area contributed by atoms with Gasteiger partial charge in [-0.05, 0) is 42.4 Å². The van der Waals surface area contributed by atoms with Crippen LogP contribution in [-0.2, 0) is 0 Å². The summed E-state index contributed by atoms with van der Waals surface area (Å²) in [5.41, 5.74) is 0. The fourth-order valence-electron chi connectivity index (χ4n) is 0.665. The highest BCUT2D eigenvalue weighted by Crippen LogP contribution is 2.26. The van der Waals surface area contributed by atoms with Crippen molar-refractivity contribution in [1.82, 2.24) is 0 Å². The summed E-state index contributed by atoms with van der Waals surface area (Å²) in [7, 11) is 2.79. The van der Waals surface area contributed by atoms with Crippen LogP contribution in [0.4, 0.5) is 0 Å². The van der Waals surface area contributed by atoms with E-state index in [-0.39, 0.29) is 0 Å². The topological polar surface area (TPSA) is 49.4 Å². The van der Waals surface area contributed by atoms with Crippen LogP contribution in [0.2, 0.25) is 0 Å². The van der Waals surface area contributed by atoms with E-state index in [1.165, 1.54) is 27.8 Å². The number of amidine groups is 2. The van der Waals surface area contributed by atoms with Crippen molar-refractivity contribution in [1.29, 1.82) is 0 Å². The standard InChI is InChI=1S/C11H16N4S2/c1-5-9-15-11(14-8-4)17-16-10(12-6-2)13-7-3/h5-9H,2H2,1,3-4H3/b9-5-,12-10+,13-7-,14-8-,15-11+. The lowest BCUT2D eigenvalue weighted by atomic mass is 10.7. The molecule has 6 heteroatoms. The summed E-state index contributed by atoms with van der Waals surface area (Å²) in [5, 5.41) is 1.27. The quantitative estimate of drug-likeness (QED) is 0.432. The van der Waals surface area contributed by atoms with Crippen LogP contribution in [0.3, 0.4) is 0 Å². The first-order valence-electron chi connectivity index (χ1n) is 4.98. The van der Waals surface area contributed by atoms with Crippen LogP contribution >= 0.6 is 21.6 Å². The summed E-state index contributed by atoms with van der Waals surface area (Å²) < 4.78 is 0. The molecule has 0 aromatic carbocycles. The lowest BCUT2D eigenvalue weighted by Crippen LogP contribution is -1.88. The Morgan fingerprint density at radius 2 is 1.47 bits per heavy atom. The molecule has 17 heavy (non-hydrogen) atoms. The van der Waals surface area contributed by atoms with E-state index in [1.807, 2.05) is 26.8 Å². The van der Waals surface area contributed by atoms with Crippen molar-refractivity contribution in [3.05, 3.63) is 25.1 Å². The molecule has 0 saturated carbocycles. The van der Waals surface area contributed by atoms with Crippen molar-refractivity contribution >= 4 is 44.4 Å². The highest BCUT2D eigenvalue weighted by Gasteiger charge is 2.01. The predicted molar refractivity (Wildman–Crippen MR) is 83.4 cm³/mol. The average molecular weight is 268 g/mol. The number of nitrogens with zero attached hydrogens (tertiary/aromatic N) is 4.